The van der Waals surface area contributed by atoms with Crippen LogP contribution in [0.5, 0.6) is 11.5 Å². The third-order valence-electron chi connectivity index (χ3n) is 4.92. The maximum atomic E-state index is 12.9. The van der Waals surface area contributed by atoms with Crippen molar-refractivity contribution in [1.29, 1.82) is 0 Å². The van der Waals surface area contributed by atoms with E-state index in [0.29, 0.717) is 18.7 Å². The molecule has 0 aliphatic carbocycles. The van der Waals surface area contributed by atoms with Crippen LogP contribution in [0.15, 0.2) is 48.5 Å². The Labute approximate surface area is 175 Å². The van der Waals surface area contributed by atoms with Crippen molar-refractivity contribution in [2.45, 2.75) is 31.3 Å². The molecule has 1 fully saturated rings. The van der Waals surface area contributed by atoms with Gasteiger partial charge in [0.05, 0.1) is 14.2 Å². The number of amides is 2. The molecular weight excluding hydrogens is 388 g/mol. The quantitative estimate of drug-likeness (QED) is 0.752. The maximum absolute atomic E-state index is 12.9. The average Bonchev–Trinajstić information content (AvgIpc) is 3.22. The summed E-state index contributed by atoms with van der Waals surface area (Å²) in [6.07, 6.45) is 0.357. The lowest BCUT2D eigenvalue weighted by Gasteiger charge is -2.29. The number of nitrogens with zero attached hydrogens (tertiary/aromatic N) is 1. The Balaban J connectivity index is 1.71. The zero-order chi connectivity index (χ0) is 20.8. The Morgan fingerprint density at radius 3 is 2.17 bits per heavy atom. The van der Waals surface area contributed by atoms with Crippen LogP contribution in [0.1, 0.15) is 29.8 Å². The van der Waals surface area contributed by atoms with Gasteiger partial charge in [-0.25, -0.2) is 0 Å². The molecule has 7 heteroatoms. The first kappa shape index (κ1) is 21.0. The average molecular weight is 415 g/mol. The Hall–Kier alpha value is -2.67. The summed E-state index contributed by atoms with van der Waals surface area (Å²) < 4.78 is 10.4. The molecule has 1 aliphatic heterocycles. The largest absolute Gasteiger partial charge is 0.497 e. The summed E-state index contributed by atoms with van der Waals surface area (Å²) in [5.41, 5.74) is 1.97. The summed E-state index contributed by atoms with van der Waals surface area (Å²) in [7, 11) is 3.24. The Morgan fingerprint density at radius 2 is 1.62 bits per heavy atom. The van der Waals surface area contributed by atoms with Crippen molar-refractivity contribution in [2.24, 2.45) is 0 Å². The van der Waals surface area contributed by atoms with Crippen molar-refractivity contribution >= 4 is 23.6 Å². The number of ether oxygens (including phenoxy) is 2. The van der Waals surface area contributed by atoms with Crippen LogP contribution in [0.4, 0.5) is 0 Å². The number of carbonyl (C=O) groups excluding carboxylic acids is 2. The first-order valence-electron chi connectivity index (χ1n) is 9.54. The number of carbonyl (C=O) groups is 2. The van der Waals surface area contributed by atoms with Gasteiger partial charge in [-0.15, -0.1) is 11.8 Å². The molecule has 0 aromatic heterocycles. The highest BCUT2D eigenvalue weighted by atomic mass is 32.2. The van der Waals surface area contributed by atoms with Crippen molar-refractivity contribution < 1.29 is 19.1 Å². The van der Waals surface area contributed by atoms with E-state index in [2.05, 4.69) is 5.32 Å². The summed E-state index contributed by atoms with van der Waals surface area (Å²) in [6, 6.07) is 14.7. The lowest BCUT2D eigenvalue weighted by Crippen LogP contribution is -2.47. The van der Waals surface area contributed by atoms with Gasteiger partial charge in [0.15, 0.2) is 0 Å². The number of nitrogens with one attached hydrogen (secondary N) is 1. The van der Waals surface area contributed by atoms with Crippen LogP contribution in [-0.2, 0) is 16.1 Å². The molecule has 6 nitrogen and oxygen atoms in total. The molecule has 0 bridgehead atoms. The topological polar surface area (TPSA) is 67.9 Å². The lowest BCUT2D eigenvalue weighted by atomic mass is 10.1. The minimum Gasteiger partial charge on any atom is -0.497 e. The predicted molar refractivity (Wildman–Crippen MR) is 114 cm³/mol. The standard InChI is InChI=1S/C22H26N2O4S/c1-4-20(25)24-19(14-29-22(24)16-7-11-18(28-3)12-8-16)21(26)23-13-15-5-9-17(27-2)10-6-15/h5-12,19,22H,4,13-14H2,1-3H3,(H,23,26)/t19-,22-/m1/s1. The smallest absolute Gasteiger partial charge is 0.243 e. The first-order valence-corrected chi connectivity index (χ1v) is 10.6. The van der Waals surface area contributed by atoms with Gasteiger partial charge in [0, 0.05) is 18.7 Å². The lowest BCUT2D eigenvalue weighted by molar-refractivity contribution is -0.139. The van der Waals surface area contributed by atoms with Gasteiger partial charge >= 0.3 is 0 Å². The minimum atomic E-state index is -0.488. The van der Waals surface area contributed by atoms with Gasteiger partial charge < -0.3 is 19.7 Å². The molecule has 0 spiro atoms. The molecule has 0 unspecified atom stereocenters. The van der Waals surface area contributed by atoms with Gasteiger partial charge in [0.25, 0.3) is 0 Å². The molecular formula is C22H26N2O4S. The van der Waals surface area contributed by atoms with Crippen LogP contribution >= 0.6 is 11.8 Å². The van der Waals surface area contributed by atoms with Gasteiger partial charge in [-0.3, -0.25) is 9.59 Å². The van der Waals surface area contributed by atoms with Crippen LogP contribution in [0.2, 0.25) is 0 Å². The SMILES string of the molecule is CCC(=O)N1[C@@H](C(=O)NCc2ccc(OC)cc2)CS[C@@H]1c1ccc(OC)cc1. The van der Waals surface area contributed by atoms with Gasteiger partial charge in [-0.2, -0.15) is 0 Å². The van der Waals surface area contributed by atoms with Crippen molar-refractivity contribution in [3.63, 3.8) is 0 Å². The number of hydrogen-bond donors (Lipinski definition) is 1. The summed E-state index contributed by atoms with van der Waals surface area (Å²) in [6.45, 7) is 2.23. The molecule has 154 valence electrons. The van der Waals surface area contributed by atoms with Crippen LogP contribution in [-0.4, -0.2) is 42.7 Å². The first-order chi connectivity index (χ1) is 14.1. The fourth-order valence-electron chi connectivity index (χ4n) is 3.27. The van der Waals surface area contributed by atoms with Crippen LogP contribution in [0.25, 0.3) is 0 Å². The van der Waals surface area contributed by atoms with Crippen LogP contribution < -0.4 is 14.8 Å². The molecule has 1 heterocycles. The van der Waals surface area contributed by atoms with Gasteiger partial charge in [-0.1, -0.05) is 31.2 Å². The maximum Gasteiger partial charge on any atom is 0.243 e. The highest BCUT2D eigenvalue weighted by Crippen LogP contribution is 2.42. The van der Waals surface area contributed by atoms with Gasteiger partial charge in [0.1, 0.15) is 22.9 Å². The molecule has 3 rings (SSSR count). The number of hydrogen-bond acceptors (Lipinski definition) is 5. The van der Waals surface area contributed by atoms with E-state index in [9.17, 15) is 9.59 Å². The molecule has 1 saturated heterocycles. The highest BCUT2D eigenvalue weighted by molar-refractivity contribution is 7.99. The molecule has 0 saturated carbocycles. The molecule has 2 aromatic rings. The Bertz CT molecular complexity index is 839. The second-order valence-corrected chi connectivity index (χ2v) is 7.81. The second-order valence-electron chi connectivity index (χ2n) is 6.70. The fraction of sp³-hybridized carbons (Fsp3) is 0.364. The van der Waals surface area contributed by atoms with E-state index in [1.807, 2.05) is 55.5 Å². The minimum absolute atomic E-state index is 0.0274. The molecule has 2 amide bonds. The molecule has 2 atom stereocenters. The van der Waals surface area contributed by atoms with Crippen molar-refractivity contribution in [3.05, 3.63) is 59.7 Å². The van der Waals surface area contributed by atoms with Crippen molar-refractivity contribution in [2.75, 3.05) is 20.0 Å². The fourth-order valence-corrected chi connectivity index (χ4v) is 4.72. The van der Waals surface area contributed by atoms with E-state index < -0.39 is 6.04 Å². The van der Waals surface area contributed by atoms with E-state index >= 15 is 0 Å². The number of rotatable bonds is 7. The molecule has 0 radical (unpaired) electrons. The highest BCUT2D eigenvalue weighted by Gasteiger charge is 2.41. The third-order valence-corrected chi connectivity index (χ3v) is 6.24. The predicted octanol–water partition coefficient (Wildman–Crippen LogP) is 3.37. The summed E-state index contributed by atoms with van der Waals surface area (Å²) in [4.78, 5) is 27.3. The molecule has 1 N–H and O–H groups in total. The zero-order valence-corrected chi connectivity index (χ0v) is 17.7. The number of thioether (sulfide) groups is 1. The molecule has 2 aromatic carbocycles. The molecule has 29 heavy (non-hydrogen) atoms. The zero-order valence-electron chi connectivity index (χ0n) is 16.9. The molecule has 1 aliphatic rings. The van der Waals surface area contributed by atoms with Crippen molar-refractivity contribution in [3.8, 4) is 11.5 Å². The van der Waals surface area contributed by atoms with Gasteiger partial charge in [-0.05, 0) is 35.4 Å². The van der Waals surface area contributed by atoms with E-state index in [1.54, 1.807) is 30.9 Å². The van der Waals surface area contributed by atoms with Crippen molar-refractivity contribution in [1.82, 2.24) is 10.2 Å². The summed E-state index contributed by atoms with van der Waals surface area (Å²) >= 11 is 1.61. The monoisotopic (exact) mass is 414 g/mol. The Kier molecular flexibility index (Phi) is 7.04. The van der Waals surface area contributed by atoms with Crippen LogP contribution in [0, 0.1) is 0 Å². The van der Waals surface area contributed by atoms with E-state index in [1.165, 1.54) is 0 Å². The van der Waals surface area contributed by atoms with E-state index in [0.717, 1.165) is 22.6 Å². The van der Waals surface area contributed by atoms with E-state index in [4.69, 9.17) is 9.47 Å². The number of methoxy groups -OCH3 is 2. The second kappa shape index (κ2) is 9.69. The third kappa shape index (κ3) is 4.85. The number of benzene rings is 2. The summed E-state index contributed by atoms with van der Waals surface area (Å²) in [5.74, 6) is 1.94. The van der Waals surface area contributed by atoms with E-state index in [-0.39, 0.29) is 17.2 Å². The normalized spacial score (nSPS) is 18.4. The van der Waals surface area contributed by atoms with Gasteiger partial charge in [0.2, 0.25) is 11.8 Å². The summed E-state index contributed by atoms with van der Waals surface area (Å²) in [5, 5.41) is 2.79. The Morgan fingerprint density at radius 1 is 1.03 bits per heavy atom. The van der Waals surface area contributed by atoms with Crippen LogP contribution in [0.3, 0.4) is 0 Å².